The van der Waals surface area contributed by atoms with Crippen molar-refractivity contribution in [2.45, 2.75) is 64.1 Å². The van der Waals surface area contributed by atoms with Crippen molar-refractivity contribution in [1.82, 2.24) is 14.8 Å². The monoisotopic (exact) mass is 710 g/mol. The number of aromatic nitrogens is 3. The molecule has 0 saturated carbocycles. The van der Waals surface area contributed by atoms with E-state index < -0.39 is 12.0 Å². The first-order valence-electron chi connectivity index (χ1n) is 14.9. The van der Waals surface area contributed by atoms with Gasteiger partial charge in [-0.25, -0.2) is 9.48 Å². The van der Waals surface area contributed by atoms with Gasteiger partial charge in [0.25, 0.3) is 0 Å². The molecule has 1 aliphatic rings. The number of nitrogens with zero attached hydrogens (tertiary/aromatic N) is 3. The van der Waals surface area contributed by atoms with E-state index in [1.807, 2.05) is 68.4 Å². The highest BCUT2D eigenvalue weighted by Gasteiger charge is 2.36. The number of unbranched alkanes of at least 4 members (excludes halogenated alkanes) is 1. The number of benzene rings is 3. The quantitative estimate of drug-likeness (QED) is 0.0836. The van der Waals surface area contributed by atoms with Gasteiger partial charge in [0.05, 0.1) is 23.3 Å². The smallest absolute Gasteiger partial charge is 0.338 e. The fourth-order valence-corrected chi connectivity index (χ4v) is 6.67. The van der Waals surface area contributed by atoms with Crippen LogP contribution < -0.4 is 14.8 Å². The minimum Gasteiger partial charge on any atom is -0.490 e. The minimum absolute atomic E-state index is 0.335. The second kappa shape index (κ2) is 15.2. The summed E-state index contributed by atoms with van der Waals surface area (Å²) in [7, 11) is 0. The van der Waals surface area contributed by atoms with Crippen LogP contribution in [0.25, 0.3) is 0 Å². The van der Waals surface area contributed by atoms with Gasteiger partial charge in [-0.3, -0.25) is 0 Å². The second-order valence-corrected chi connectivity index (χ2v) is 12.8. The highest BCUT2D eigenvalue weighted by molar-refractivity contribution is 9.10. The number of rotatable bonds is 13. The maximum Gasteiger partial charge on any atom is 0.338 e. The van der Waals surface area contributed by atoms with Gasteiger partial charge in [-0.1, -0.05) is 79.2 Å². The van der Waals surface area contributed by atoms with Gasteiger partial charge in [0.2, 0.25) is 11.1 Å². The number of esters is 1. The molecule has 1 N–H and O–H groups in total. The Kier molecular flexibility index (Phi) is 11.1. The van der Waals surface area contributed by atoms with Crippen molar-refractivity contribution < 1.29 is 19.0 Å². The summed E-state index contributed by atoms with van der Waals surface area (Å²) in [6.45, 7) is 9.05. The number of fused-ring (bicyclic) bond motifs is 1. The first-order valence-corrected chi connectivity index (χ1v) is 17.1. The Balaban J connectivity index is 1.53. The molecule has 4 aromatic rings. The highest BCUT2D eigenvalue weighted by atomic mass is 79.9. The molecule has 11 heteroatoms. The van der Waals surface area contributed by atoms with Gasteiger partial charge < -0.3 is 19.5 Å². The van der Waals surface area contributed by atoms with Gasteiger partial charge in [-0.2, -0.15) is 4.98 Å². The lowest BCUT2D eigenvalue weighted by molar-refractivity contribution is -0.139. The molecule has 0 fully saturated rings. The van der Waals surface area contributed by atoms with Gasteiger partial charge in [0.1, 0.15) is 12.6 Å². The molecule has 0 radical (unpaired) electrons. The van der Waals surface area contributed by atoms with Crippen LogP contribution >= 0.6 is 39.3 Å². The third-order valence-corrected chi connectivity index (χ3v) is 9.22. The molecule has 1 atom stereocenters. The van der Waals surface area contributed by atoms with Crippen molar-refractivity contribution in [3.8, 4) is 11.5 Å². The van der Waals surface area contributed by atoms with Crippen molar-refractivity contribution in [1.29, 1.82) is 0 Å². The van der Waals surface area contributed by atoms with Crippen molar-refractivity contribution in [3.05, 3.63) is 104 Å². The van der Waals surface area contributed by atoms with Crippen LogP contribution in [-0.4, -0.2) is 33.9 Å². The van der Waals surface area contributed by atoms with E-state index in [1.54, 1.807) is 4.68 Å². The Labute approximate surface area is 281 Å². The number of thioether (sulfide) groups is 1. The Morgan fingerprint density at radius 2 is 1.82 bits per heavy atom. The number of carbonyl (C=O) groups is 1. The van der Waals surface area contributed by atoms with Crippen LogP contribution in [0.1, 0.15) is 61.9 Å². The first-order chi connectivity index (χ1) is 21.8. The van der Waals surface area contributed by atoms with Gasteiger partial charge in [0, 0.05) is 16.5 Å². The summed E-state index contributed by atoms with van der Waals surface area (Å²) in [6, 6.07) is 19.0. The Morgan fingerprint density at radius 1 is 1.07 bits per heavy atom. The van der Waals surface area contributed by atoms with Crippen LogP contribution in [0.4, 0.5) is 5.95 Å². The van der Waals surface area contributed by atoms with E-state index in [2.05, 4.69) is 41.2 Å². The third kappa shape index (κ3) is 7.68. The van der Waals surface area contributed by atoms with E-state index in [1.165, 1.54) is 11.8 Å². The molecular formula is C34H36BrClN4O4S. The topological polar surface area (TPSA) is 87.5 Å². The number of allylic oxidation sites excluding steroid dienone is 1. The summed E-state index contributed by atoms with van der Waals surface area (Å²) in [5.74, 6) is 1.86. The van der Waals surface area contributed by atoms with Gasteiger partial charge >= 0.3 is 5.97 Å². The Morgan fingerprint density at radius 3 is 2.56 bits per heavy atom. The van der Waals surface area contributed by atoms with E-state index in [0.717, 1.165) is 35.1 Å². The summed E-state index contributed by atoms with van der Waals surface area (Å²) < 4.78 is 20.6. The van der Waals surface area contributed by atoms with Crippen LogP contribution in [0.15, 0.2) is 81.6 Å². The number of nitrogens with one attached hydrogen (secondary N) is 1. The normalized spacial score (nSPS) is 14.1. The molecule has 0 saturated heterocycles. The minimum atomic E-state index is -0.626. The maximum atomic E-state index is 13.6. The predicted molar refractivity (Wildman–Crippen MR) is 182 cm³/mol. The van der Waals surface area contributed by atoms with E-state index in [4.69, 9.17) is 35.9 Å². The fraction of sp³-hybridized carbons (Fsp3) is 0.324. The molecule has 1 aromatic heterocycles. The number of aryl methyl sites for hydroxylation is 1. The number of halogens is 2. The van der Waals surface area contributed by atoms with Gasteiger partial charge in [-0.05, 0) is 83.6 Å². The molecule has 0 aliphatic carbocycles. The lowest BCUT2D eigenvalue weighted by atomic mass is 9.95. The zero-order chi connectivity index (χ0) is 31.9. The molecule has 0 bridgehead atoms. The summed E-state index contributed by atoms with van der Waals surface area (Å²) in [4.78, 5) is 18.4. The van der Waals surface area contributed by atoms with Gasteiger partial charge in [0.15, 0.2) is 11.5 Å². The third-order valence-electron chi connectivity index (χ3n) is 7.38. The van der Waals surface area contributed by atoms with Crippen molar-refractivity contribution >= 4 is 51.2 Å². The van der Waals surface area contributed by atoms with Crippen LogP contribution in [-0.2, 0) is 21.9 Å². The van der Waals surface area contributed by atoms with Gasteiger partial charge in [-0.15, -0.1) is 5.10 Å². The van der Waals surface area contributed by atoms with Crippen molar-refractivity contribution in [3.63, 3.8) is 0 Å². The molecule has 1 aliphatic heterocycles. The SMILES string of the molecule is CCCCOC(=O)C1=C(C)Nc2nc(SCc3ccccc3Cl)nn2C1c1cc(Br)c(OCc2ccccc2C)c(OCC)c1. The van der Waals surface area contributed by atoms with E-state index in [9.17, 15) is 4.79 Å². The van der Waals surface area contributed by atoms with Crippen LogP contribution in [0, 0.1) is 6.92 Å². The number of anilines is 1. The molecular weight excluding hydrogens is 676 g/mol. The van der Waals surface area contributed by atoms with E-state index in [-0.39, 0.29) is 0 Å². The Hall–Kier alpha value is -3.47. The molecule has 8 nitrogen and oxygen atoms in total. The predicted octanol–water partition coefficient (Wildman–Crippen LogP) is 8.90. The van der Waals surface area contributed by atoms with Crippen molar-refractivity contribution in [2.24, 2.45) is 0 Å². The molecule has 3 aromatic carbocycles. The maximum absolute atomic E-state index is 13.6. The van der Waals surface area contributed by atoms with Crippen molar-refractivity contribution in [2.75, 3.05) is 18.5 Å². The molecule has 1 unspecified atom stereocenters. The molecule has 5 rings (SSSR count). The van der Waals surface area contributed by atoms with E-state index >= 15 is 0 Å². The highest BCUT2D eigenvalue weighted by Crippen LogP contribution is 2.44. The molecule has 2 heterocycles. The average Bonchev–Trinajstić information content (AvgIpc) is 3.42. The standard InChI is InChI=1S/C34H36BrClN4O4S/c1-5-7-16-43-32(41)29-22(4)37-33-38-34(45-20-24-14-10-11-15-27(24)36)39-40(33)30(29)25-17-26(35)31(28(18-25)42-6-2)44-19-23-13-9-8-12-21(23)3/h8-15,17-18,30H,5-7,16,19-20H2,1-4H3,(H,37,38,39). The number of ether oxygens (including phenoxy) is 3. The summed E-state index contributed by atoms with van der Waals surface area (Å²) in [6.07, 6.45) is 1.70. The summed E-state index contributed by atoms with van der Waals surface area (Å²) in [5, 5.41) is 9.39. The van der Waals surface area contributed by atoms with Crippen LogP contribution in [0.2, 0.25) is 5.02 Å². The molecule has 45 heavy (non-hydrogen) atoms. The zero-order valence-electron chi connectivity index (χ0n) is 25.7. The summed E-state index contributed by atoms with van der Waals surface area (Å²) >= 11 is 11.6. The lowest BCUT2D eigenvalue weighted by Crippen LogP contribution is -2.30. The largest absolute Gasteiger partial charge is 0.490 e. The summed E-state index contributed by atoms with van der Waals surface area (Å²) in [5.41, 5.74) is 5.09. The van der Waals surface area contributed by atoms with Crippen LogP contribution in [0.3, 0.4) is 0 Å². The first kappa shape index (κ1) is 32.9. The number of carbonyl (C=O) groups excluding carboxylic acids is 1. The van der Waals surface area contributed by atoms with Crippen LogP contribution in [0.5, 0.6) is 11.5 Å². The number of hydrogen-bond donors (Lipinski definition) is 1. The average molecular weight is 712 g/mol. The van der Waals surface area contributed by atoms with E-state index in [0.29, 0.717) is 68.9 Å². The second-order valence-electron chi connectivity index (χ2n) is 10.6. The number of hydrogen-bond acceptors (Lipinski definition) is 8. The fourth-order valence-electron chi connectivity index (χ4n) is 4.98. The Bertz CT molecular complexity index is 1710. The zero-order valence-corrected chi connectivity index (χ0v) is 28.9. The lowest BCUT2D eigenvalue weighted by Gasteiger charge is -2.29. The molecule has 0 amide bonds. The molecule has 0 spiro atoms. The molecule has 236 valence electrons.